The smallest absolute Gasteiger partial charge is 0.337 e. The highest BCUT2D eigenvalue weighted by Crippen LogP contribution is 2.15. The van der Waals surface area contributed by atoms with Crippen molar-refractivity contribution in [3.8, 4) is 0 Å². The van der Waals surface area contributed by atoms with Crippen LogP contribution in [0.1, 0.15) is 29.6 Å². The standard InChI is InChI=1S/C14H18N2O4/c17-13(18)11-5-1-2-6-12(11)16-14(19)15-8-7-10-4-3-9-20-10/h1-2,5-6,10H,3-4,7-9H2,(H,17,18)(H2,15,16,19). The summed E-state index contributed by atoms with van der Waals surface area (Å²) in [6, 6.07) is 5.89. The van der Waals surface area contributed by atoms with Gasteiger partial charge in [0.05, 0.1) is 17.4 Å². The number of urea groups is 1. The molecule has 108 valence electrons. The first-order valence-corrected chi connectivity index (χ1v) is 6.65. The van der Waals surface area contributed by atoms with Gasteiger partial charge in [0.15, 0.2) is 0 Å². The fraction of sp³-hybridized carbons (Fsp3) is 0.429. The van der Waals surface area contributed by atoms with Gasteiger partial charge in [0, 0.05) is 13.2 Å². The van der Waals surface area contributed by atoms with E-state index >= 15 is 0 Å². The monoisotopic (exact) mass is 278 g/mol. The zero-order chi connectivity index (χ0) is 14.4. The molecule has 6 heteroatoms. The quantitative estimate of drug-likeness (QED) is 0.769. The largest absolute Gasteiger partial charge is 0.478 e. The number of carbonyl (C=O) groups excluding carboxylic acids is 1. The van der Waals surface area contributed by atoms with Gasteiger partial charge >= 0.3 is 12.0 Å². The fourth-order valence-electron chi connectivity index (χ4n) is 2.16. The van der Waals surface area contributed by atoms with Gasteiger partial charge in [-0.3, -0.25) is 0 Å². The lowest BCUT2D eigenvalue weighted by molar-refractivity contribution is 0.0698. The lowest BCUT2D eigenvalue weighted by atomic mass is 10.2. The first kappa shape index (κ1) is 14.3. The molecule has 1 atom stereocenters. The van der Waals surface area contributed by atoms with Crippen LogP contribution in [-0.4, -0.2) is 36.4 Å². The summed E-state index contributed by atoms with van der Waals surface area (Å²) in [6.45, 7) is 1.30. The van der Waals surface area contributed by atoms with E-state index in [0.717, 1.165) is 25.9 Å². The Hall–Kier alpha value is -2.08. The molecule has 0 aromatic heterocycles. The molecular formula is C14H18N2O4. The second-order valence-corrected chi connectivity index (χ2v) is 4.66. The van der Waals surface area contributed by atoms with E-state index in [1.54, 1.807) is 18.2 Å². The van der Waals surface area contributed by atoms with Crippen molar-refractivity contribution in [2.75, 3.05) is 18.5 Å². The number of para-hydroxylation sites is 1. The fourth-order valence-corrected chi connectivity index (χ4v) is 2.16. The van der Waals surface area contributed by atoms with Crippen molar-refractivity contribution in [1.29, 1.82) is 0 Å². The van der Waals surface area contributed by atoms with Crippen LogP contribution in [-0.2, 0) is 4.74 Å². The predicted octanol–water partition coefficient (Wildman–Crippen LogP) is 2.08. The van der Waals surface area contributed by atoms with E-state index in [9.17, 15) is 9.59 Å². The van der Waals surface area contributed by atoms with E-state index in [-0.39, 0.29) is 17.4 Å². The SMILES string of the molecule is O=C(NCCC1CCCO1)Nc1ccccc1C(=O)O. The highest BCUT2D eigenvalue weighted by molar-refractivity contribution is 5.99. The molecule has 6 nitrogen and oxygen atoms in total. The Kier molecular flexibility index (Phi) is 4.95. The van der Waals surface area contributed by atoms with Gasteiger partial charge in [-0.05, 0) is 31.4 Å². The van der Waals surface area contributed by atoms with Crippen LogP contribution < -0.4 is 10.6 Å². The number of carbonyl (C=O) groups is 2. The molecule has 1 aliphatic heterocycles. The maximum absolute atomic E-state index is 11.7. The zero-order valence-corrected chi connectivity index (χ0v) is 11.1. The molecule has 1 saturated heterocycles. The van der Waals surface area contributed by atoms with Gasteiger partial charge in [-0.15, -0.1) is 0 Å². The Morgan fingerprint density at radius 2 is 2.15 bits per heavy atom. The molecule has 1 unspecified atom stereocenters. The third-order valence-corrected chi connectivity index (χ3v) is 3.18. The predicted molar refractivity (Wildman–Crippen MR) is 74.0 cm³/mol. The van der Waals surface area contributed by atoms with Gasteiger partial charge in [-0.25, -0.2) is 9.59 Å². The summed E-state index contributed by atoms with van der Waals surface area (Å²) < 4.78 is 5.45. The second-order valence-electron chi connectivity index (χ2n) is 4.66. The van der Waals surface area contributed by atoms with Crippen molar-refractivity contribution >= 4 is 17.7 Å². The minimum absolute atomic E-state index is 0.0711. The molecule has 2 rings (SSSR count). The van der Waals surface area contributed by atoms with Gasteiger partial charge in [0.25, 0.3) is 0 Å². The minimum Gasteiger partial charge on any atom is -0.478 e. The molecule has 1 aromatic rings. The first-order valence-electron chi connectivity index (χ1n) is 6.65. The molecule has 1 aliphatic rings. The molecule has 0 radical (unpaired) electrons. The number of rotatable bonds is 5. The number of hydrogen-bond donors (Lipinski definition) is 3. The number of carboxylic acid groups (broad SMARTS) is 1. The zero-order valence-electron chi connectivity index (χ0n) is 11.1. The van der Waals surface area contributed by atoms with Gasteiger partial charge in [-0.1, -0.05) is 12.1 Å². The van der Waals surface area contributed by atoms with Gasteiger partial charge in [0.2, 0.25) is 0 Å². The topological polar surface area (TPSA) is 87.7 Å². The molecular weight excluding hydrogens is 260 g/mol. The van der Waals surface area contributed by atoms with Crippen LogP contribution in [0.2, 0.25) is 0 Å². The summed E-state index contributed by atoms with van der Waals surface area (Å²) in [5, 5.41) is 14.3. The molecule has 1 heterocycles. The Balaban J connectivity index is 1.80. The molecule has 1 aromatic carbocycles. The van der Waals surface area contributed by atoms with Crippen LogP contribution in [0, 0.1) is 0 Å². The van der Waals surface area contributed by atoms with Crippen LogP contribution in [0.25, 0.3) is 0 Å². The van der Waals surface area contributed by atoms with E-state index in [2.05, 4.69) is 10.6 Å². The lowest BCUT2D eigenvalue weighted by Crippen LogP contribution is -2.31. The van der Waals surface area contributed by atoms with E-state index < -0.39 is 12.0 Å². The molecule has 1 fully saturated rings. The summed E-state index contributed by atoms with van der Waals surface area (Å²) >= 11 is 0. The van der Waals surface area contributed by atoms with Gasteiger partial charge in [-0.2, -0.15) is 0 Å². The number of hydrogen-bond acceptors (Lipinski definition) is 3. The number of benzene rings is 1. The number of carboxylic acids is 1. The van der Waals surface area contributed by atoms with E-state index in [4.69, 9.17) is 9.84 Å². The van der Waals surface area contributed by atoms with Crippen molar-refractivity contribution in [2.45, 2.75) is 25.4 Å². The highest BCUT2D eigenvalue weighted by Gasteiger charge is 2.15. The molecule has 20 heavy (non-hydrogen) atoms. The Morgan fingerprint density at radius 3 is 2.85 bits per heavy atom. The van der Waals surface area contributed by atoms with Crippen molar-refractivity contribution in [1.82, 2.24) is 5.32 Å². The van der Waals surface area contributed by atoms with Crippen LogP contribution in [0.3, 0.4) is 0 Å². The van der Waals surface area contributed by atoms with Crippen LogP contribution in [0.4, 0.5) is 10.5 Å². The Bertz CT molecular complexity index is 484. The highest BCUT2D eigenvalue weighted by atomic mass is 16.5. The van der Waals surface area contributed by atoms with Crippen LogP contribution >= 0.6 is 0 Å². The van der Waals surface area contributed by atoms with Gasteiger partial charge < -0.3 is 20.5 Å². The number of anilines is 1. The van der Waals surface area contributed by atoms with Crippen LogP contribution in [0.5, 0.6) is 0 Å². The average molecular weight is 278 g/mol. The van der Waals surface area contributed by atoms with E-state index in [0.29, 0.717) is 6.54 Å². The maximum atomic E-state index is 11.7. The number of ether oxygens (including phenoxy) is 1. The number of aromatic carboxylic acids is 1. The van der Waals surface area contributed by atoms with Gasteiger partial charge in [0.1, 0.15) is 0 Å². The van der Waals surface area contributed by atoms with Crippen molar-refractivity contribution < 1.29 is 19.4 Å². The first-order chi connectivity index (χ1) is 9.66. The second kappa shape index (κ2) is 6.91. The third kappa shape index (κ3) is 3.96. The Labute approximate surface area is 117 Å². The third-order valence-electron chi connectivity index (χ3n) is 3.18. The molecule has 0 saturated carbocycles. The number of nitrogens with one attached hydrogen (secondary N) is 2. The molecule has 2 amide bonds. The molecule has 0 aliphatic carbocycles. The van der Waals surface area contributed by atoms with Crippen molar-refractivity contribution in [3.63, 3.8) is 0 Å². The summed E-state index contributed by atoms with van der Waals surface area (Å²) in [5.41, 5.74) is 0.358. The Morgan fingerprint density at radius 1 is 1.35 bits per heavy atom. The molecule has 0 spiro atoms. The van der Waals surface area contributed by atoms with Crippen LogP contribution in [0.15, 0.2) is 24.3 Å². The average Bonchev–Trinajstić information content (AvgIpc) is 2.92. The minimum atomic E-state index is -1.07. The van der Waals surface area contributed by atoms with E-state index in [1.807, 2.05) is 0 Å². The van der Waals surface area contributed by atoms with E-state index in [1.165, 1.54) is 6.07 Å². The summed E-state index contributed by atoms with van der Waals surface area (Å²) in [4.78, 5) is 22.7. The van der Waals surface area contributed by atoms with Crippen molar-refractivity contribution in [3.05, 3.63) is 29.8 Å². The molecule has 0 bridgehead atoms. The molecule has 3 N–H and O–H groups in total. The summed E-state index contributed by atoms with van der Waals surface area (Å²) in [6.07, 6.45) is 3.10. The van der Waals surface area contributed by atoms with Crippen molar-refractivity contribution in [2.24, 2.45) is 0 Å². The lowest BCUT2D eigenvalue weighted by Gasteiger charge is -2.12. The summed E-state index contributed by atoms with van der Waals surface area (Å²) in [5.74, 6) is -1.07. The maximum Gasteiger partial charge on any atom is 0.337 e. The number of amides is 2. The normalized spacial score (nSPS) is 17.7. The summed E-state index contributed by atoms with van der Waals surface area (Å²) in [7, 11) is 0.